The number of hydrogen-bond acceptors (Lipinski definition) is 5. The van der Waals surface area contributed by atoms with Gasteiger partial charge in [-0.3, -0.25) is 4.79 Å². The molecule has 2 aromatic carbocycles. The molecular weight excluding hydrogens is 414 g/mol. The largest absolute Gasteiger partial charge is 0.486 e. The summed E-state index contributed by atoms with van der Waals surface area (Å²) in [7, 11) is 1.35. The van der Waals surface area contributed by atoms with Gasteiger partial charge in [0.1, 0.15) is 13.2 Å². The zero-order chi connectivity index (χ0) is 19.2. The minimum absolute atomic E-state index is 0.0708. The zero-order valence-electron chi connectivity index (χ0n) is 14.9. The Morgan fingerprint density at radius 1 is 1.11 bits per heavy atom. The third kappa shape index (κ3) is 5.01. The molecule has 1 heterocycles. The number of esters is 1. The van der Waals surface area contributed by atoms with Crippen molar-refractivity contribution in [3.63, 3.8) is 0 Å². The van der Waals surface area contributed by atoms with E-state index in [2.05, 4.69) is 26.0 Å². The fraction of sp³-hybridized carbons (Fsp3) is 0.300. The standard InChI is InChI=1S/C20H20BrNO5/c1-25-20(24)14-4-2-13(3-5-14)6-7-22-19(23)11-15-10-17-18(12-16(15)21)27-9-8-26-17/h2-5,10,12H,6-9,11H2,1H3,(H,22,23). The van der Waals surface area contributed by atoms with Crippen molar-refractivity contribution in [2.24, 2.45) is 0 Å². The predicted octanol–water partition coefficient (Wildman–Crippen LogP) is 2.91. The number of carbonyl (C=O) groups excluding carboxylic acids is 2. The molecule has 0 aromatic heterocycles. The Bertz CT molecular complexity index is 835. The maximum atomic E-state index is 12.2. The van der Waals surface area contributed by atoms with Crippen LogP contribution in [-0.4, -0.2) is 38.7 Å². The van der Waals surface area contributed by atoms with E-state index in [1.165, 1.54) is 7.11 Å². The molecule has 3 rings (SSSR count). The summed E-state index contributed by atoms with van der Waals surface area (Å²) in [5.74, 6) is 0.920. The molecule has 7 heteroatoms. The van der Waals surface area contributed by atoms with Gasteiger partial charge in [-0.1, -0.05) is 28.1 Å². The molecule has 27 heavy (non-hydrogen) atoms. The van der Waals surface area contributed by atoms with Crippen LogP contribution in [0.3, 0.4) is 0 Å². The minimum atomic E-state index is -0.361. The molecule has 0 radical (unpaired) electrons. The summed E-state index contributed by atoms with van der Waals surface area (Å²) >= 11 is 3.48. The van der Waals surface area contributed by atoms with Gasteiger partial charge in [0.15, 0.2) is 11.5 Å². The molecule has 0 saturated carbocycles. The van der Waals surface area contributed by atoms with Crippen LogP contribution in [0.4, 0.5) is 0 Å². The normalized spacial score (nSPS) is 12.4. The molecule has 0 atom stereocenters. The topological polar surface area (TPSA) is 73.9 Å². The molecular formula is C20H20BrNO5. The smallest absolute Gasteiger partial charge is 0.337 e. The van der Waals surface area contributed by atoms with Crippen LogP contribution in [-0.2, 0) is 22.4 Å². The van der Waals surface area contributed by atoms with Crippen LogP contribution < -0.4 is 14.8 Å². The molecule has 1 N–H and O–H groups in total. The van der Waals surface area contributed by atoms with Crippen molar-refractivity contribution in [3.8, 4) is 11.5 Å². The molecule has 0 bridgehead atoms. The first-order valence-corrected chi connectivity index (χ1v) is 9.38. The number of hydrogen-bond donors (Lipinski definition) is 1. The van der Waals surface area contributed by atoms with Crippen molar-refractivity contribution in [3.05, 3.63) is 57.6 Å². The fourth-order valence-electron chi connectivity index (χ4n) is 2.75. The summed E-state index contributed by atoms with van der Waals surface area (Å²) in [4.78, 5) is 23.7. The maximum Gasteiger partial charge on any atom is 0.337 e. The lowest BCUT2D eigenvalue weighted by atomic mass is 10.1. The van der Waals surface area contributed by atoms with Crippen LogP contribution in [0.1, 0.15) is 21.5 Å². The number of halogens is 1. The molecule has 0 fully saturated rings. The van der Waals surface area contributed by atoms with Gasteiger partial charge in [0.2, 0.25) is 5.91 Å². The summed E-state index contributed by atoms with van der Waals surface area (Å²) in [6, 6.07) is 10.8. The molecule has 0 aliphatic carbocycles. The van der Waals surface area contributed by atoms with Crippen molar-refractivity contribution in [2.75, 3.05) is 26.9 Å². The average Bonchev–Trinajstić information content (AvgIpc) is 2.68. The Balaban J connectivity index is 1.51. The zero-order valence-corrected chi connectivity index (χ0v) is 16.5. The van der Waals surface area contributed by atoms with Crippen LogP contribution in [0.2, 0.25) is 0 Å². The summed E-state index contributed by atoms with van der Waals surface area (Å²) in [5.41, 5.74) is 2.39. The lowest BCUT2D eigenvalue weighted by molar-refractivity contribution is -0.120. The second-order valence-corrected chi connectivity index (χ2v) is 6.91. The first-order valence-electron chi connectivity index (χ1n) is 8.59. The molecule has 6 nitrogen and oxygen atoms in total. The first kappa shape index (κ1) is 19.2. The van der Waals surface area contributed by atoms with E-state index >= 15 is 0 Å². The number of carbonyl (C=O) groups is 2. The number of ether oxygens (including phenoxy) is 3. The van der Waals surface area contributed by atoms with Crippen molar-refractivity contribution in [1.29, 1.82) is 0 Å². The Labute approximate surface area is 165 Å². The van der Waals surface area contributed by atoms with Gasteiger partial charge in [0.25, 0.3) is 0 Å². The second kappa shape index (κ2) is 8.90. The van der Waals surface area contributed by atoms with Crippen molar-refractivity contribution >= 4 is 27.8 Å². The maximum absolute atomic E-state index is 12.2. The van der Waals surface area contributed by atoms with Gasteiger partial charge in [-0.15, -0.1) is 0 Å². The second-order valence-electron chi connectivity index (χ2n) is 6.05. The van der Waals surface area contributed by atoms with E-state index in [0.29, 0.717) is 43.2 Å². The van der Waals surface area contributed by atoms with Crippen molar-refractivity contribution in [1.82, 2.24) is 5.32 Å². The van der Waals surface area contributed by atoms with Crippen LogP contribution in [0.15, 0.2) is 40.9 Å². The molecule has 0 unspecified atom stereocenters. The number of amides is 1. The third-order valence-corrected chi connectivity index (χ3v) is 4.91. The predicted molar refractivity (Wildman–Crippen MR) is 103 cm³/mol. The van der Waals surface area contributed by atoms with E-state index in [-0.39, 0.29) is 18.3 Å². The fourth-order valence-corrected chi connectivity index (χ4v) is 3.21. The molecule has 1 aliphatic heterocycles. The summed E-state index contributed by atoms with van der Waals surface area (Å²) in [6.45, 7) is 1.55. The van der Waals surface area contributed by atoms with E-state index < -0.39 is 0 Å². The van der Waals surface area contributed by atoms with E-state index in [1.807, 2.05) is 24.3 Å². The Hall–Kier alpha value is -2.54. The molecule has 1 aliphatic rings. The van der Waals surface area contributed by atoms with E-state index in [4.69, 9.17) is 9.47 Å². The van der Waals surface area contributed by atoms with Gasteiger partial charge in [-0.25, -0.2) is 4.79 Å². The number of nitrogens with one attached hydrogen (secondary N) is 1. The summed E-state index contributed by atoms with van der Waals surface area (Å²) in [6.07, 6.45) is 0.925. The number of rotatable bonds is 6. The lowest BCUT2D eigenvalue weighted by Crippen LogP contribution is -2.27. The third-order valence-electron chi connectivity index (χ3n) is 4.17. The SMILES string of the molecule is COC(=O)c1ccc(CCNC(=O)Cc2cc3c(cc2Br)OCCO3)cc1. The van der Waals surface area contributed by atoms with Gasteiger partial charge in [0.05, 0.1) is 19.1 Å². The van der Waals surface area contributed by atoms with Crippen LogP contribution in [0.25, 0.3) is 0 Å². The Morgan fingerprint density at radius 2 is 1.78 bits per heavy atom. The van der Waals surface area contributed by atoms with Crippen LogP contribution >= 0.6 is 15.9 Å². The van der Waals surface area contributed by atoms with Gasteiger partial charge >= 0.3 is 5.97 Å². The van der Waals surface area contributed by atoms with Gasteiger partial charge < -0.3 is 19.5 Å². The van der Waals surface area contributed by atoms with Crippen LogP contribution in [0, 0.1) is 0 Å². The highest BCUT2D eigenvalue weighted by Crippen LogP contribution is 2.35. The molecule has 0 saturated heterocycles. The summed E-state index contributed by atoms with van der Waals surface area (Å²) in [5, 5.41) is 2.91. The Morgan fingerprint density at radius 3 is 2.44 bits per heavy atom. The van der Waals surface area contributed by atoms with Crippen molar-refractivity contribution in [2.45, 2.75) is 12.8 Å². The number of methoxy groups -OCH3 is 1. The molecule has 1 amide bonds. The average molecular weight is 434 g/mol. The summed E-state index contributed by atoms with van der Waals surface area (Å²) < 4.78 is 16.6. The number of benzene rings is 2. The lowest BCUT2D eigenvalue weighted by Gasteiger charge is -2.19. The van der Waals surface area contributed by atoms with E-state index in [0.717, 1.165) is 15.6 Å². The quantitative estimate of drug-likeness (QED) is 0.708. The Kier molecular flexibility index (Phi) is 6.34. The van der Waals surface area contributed by atoms with E-state index in [1.54, 1.807) is 12.1 Å². The van der Waals surface area contributed by atoms with Gasteiger partial charge in [-0.2, -0.15) is 0 Å². The molecule has 0 spiro atoms. The molecule has 142 valence electrons. The van der Waals surface area contributed by atoms with Crippen LogP contribution in [0.5, 0.6) is 11.5 Å². The number of fused-ring (bicyclic) bond motifs is 1. The highest BCUT2D eigenvalue weighted by molar-refractivity contribution is 9.10. The van der Waals surface area contributed by atoms with Gasteiger partial charge in [0, 0.05) is 11.0 Å². The highest BCUT2D eigenvalue weighted by atomic mass is 79.9. The van der Waals surface area contributed by atoms with Gasteiger partial charge in [-0.05, 0) is 41.8 Å². The van der Waals surface area contributed by atoms with Crippen molar-refractivity contribution < 1.29 is 23.8 Å². The molecule has 2 aromatic rings. The first-order chi connectivity index (χ1) is 13.1. The monoisotopic (exact) mass is 433 g/mol. The highest BCUT2D eigenvalue weighted by Gasteiger charge is 2.16. The minimum Gasteiger partial charge on any atom is -0.486 e. The van der Waals surface area contributed by atoms with E-state index in [9.17, 15) is 9.59 Å².